The summed E-state index contributed by atoms with van der Waals surface area (Å²) in [4.78, 5) is 19.4. The summed E-state index contributed by atoms with van der Waals surface area (Å²) in [6, 6.07) is 7.72. The Kier molecular flexibility index (Phi) is 3.33. The minimum atomic E-state index is -0.204. The zero-order chi connectivity index (χ0) is 15.0. The van der Waals surface area contributed by atoms with Gasteiger partial charge in [-0.1, -0.05) is 31.1 Å². The number of aryl methyl sites for hydroxylation is 1. The molecule has 1 N–H and O–H groups in total. The maximum atomic E-state index is 12.2. The zero-order valence-electron chi connectivity index (χ0n) is 12.3. The number of nitrogens with zero attached hydrogens (tertiary/aromatic N) is 2. The Morgan fingerprint density at radius 1 is 1.29 bits per heavy atom. The molecule has 0 amide bonds. The highest BCUT2D eigenvalue weighted by Gasteiger charge is 2.14. The Bertz CT molecular complexity index is 846. The third kappa shape index (κ3) is 2.72. The molecule has 2 aromatic heterocycles. The SMILES string of the molecule is Cc1ccc2cc(-c3noc(CC(C)C)n3)c(=O)[nH]c2c1. The number of benzene rings is 1. The first kappa shape index (κ1) is 13.5. The number of nitrogens with one attached hydrogen (secondary N) is 1. The van der Waals surface area contributed by atoms with Crippen molar-refractivity contribution in [3.05, 3.63) is 46.1 Å². The molecule has 0 saturated heterocycles. The van der Waals surface area contributed by atoms with E-state index in [-0.39, 0.29) is 5.56 Å². The van der Waals surface area contributed by atoms with E-state index in [2.05, 4.69) is 29.0 Å². The number of pyridine rings is 1. The van der Waals surface area contributed by atoms with Gasteiger partial charge in [-0.3, -0.25) is 4.79 Å². The molecule has 0 aliphatic heterocycles. The van der Waals surface area contributed by atoms with Crippen LogP contribution in [0.5, 0.6) is 0 Å². The van der Waals surface area contributed by atoms with Crippen LogP contribution in [0.4, 0.5) is 0 Å². The highest BCUT2D eigenvalue weighted by molar-refractivity contribution is 5.82. The van der Waals surface area contributed by atoms with Gasteiger partial charge in [-0.2, -0.15) is 4.98 Å². The molecule has 5 heteroatoms. The monoisotopic (exact) mass is 283 g/mol. The summed E-state index contributed by atoms with van der Waals surface area (Å²) < 4.78 is 5.20. The average molecular weight is 283 g/mol. The van der Waals surface area contributed by atoms with Crippen LogP contribution in [0.3, 0.4) is 0 Å². The van der Waals surface area contributed by atoms with Gasteiger partial charge in [0.25, 0.3) is 5.56 Å². The molecule has 0 atom stereocenters. The van der Waals surface area contributed by atoms with E-state index in [0.717, 1.165) is 16.5 Å². The van der Waals surface area contributed by atoms with Crippen LogP contribution in [0.25, 0.3) is 22.3 Å². The fourth-order valence-electron chi connectivity index (χ4n) is 2.28. The Balaban J connectivity index is 2.07. The first-order valence-corrected chi connectivity index (χ1v) is 6.99. The number of H-pyrrole nitrogens is 1. The molecule has 0 bridgehead atoms. The van der Waals surface area contributed by atoms with Gasteiger partial charge in [0.1, 0.15) is 0 Å². The lowest BCUT2D eigenvalue weighted by Gasteiger charge is -2.01. The number of aromatic amines is 1. The summed E-state index contributed by atoms with van der Waals surface area (Å²) in [5.41, 5.74) is 2.15. The van der Waals surface area contributed by atoms with Gasteiger partial charge >= 0.3 is 0 Å². The Morgan fingerprint density at radius 3 is 2.86 bits per heavy atom. The summed E-state index contributed by atoms with van der Waals surface area (Å²) in [5, 5.41) is 4.87. The van der Waals surface area contributed by atoms with Crippen molar-refractivity contribution in [2.45, 2.75) is 27.2 Å². The van der Waals surface area contributed by atoms with E-state index in [0.29, 0.717) is 29.6 Å². The molecule has 1 aromatic carbocycles. The lowest BCUT2D eigenvalue weighted by Crippen LogP contribution is -2.09. The van der Waals surface area contributed by atoms with Crippen molar-refractivity contribution in [1.29, 1.82) is 0 Å². The molecule has 2 heterocycles. The van der Waals surface area contributed by atoms with Gasteiger partial charge in [0, 0.05) is 11.9 Å². The predicted molar refractivity (Wildman–Crippen MR) is 81.1 cm³/mol. The maximum Gasteiger partial charge on any atom is 0.259 e. The van der Waals surface area contributed by atoms with Crippen molar-refractivity contribution in [2.75, 3.05) is 0 Å². The van der Waals surface area contributed by atoms with Crippen LogP contribution < -0.4 is 5.56 Å². The summed E-state index contributed by atoms with van der Waals surface area (Å²) in [7, 11) is 0. The van der Waals surface area contributed by atoms with Gasteiger partial charge in [0.15, 0.2) is 0 Å². The van der Waals surface area contributed by atoms with Gasteiger partial charge in [-0.05, 0) is 35.9 Å². The predicted octanol–water partition coefficient (Wildman–Crippen LogP) is 3.09. The lowest BCUT2D eigenvalue weighted by atomic mass is 10.1. The second-order valence-electron chi connectivity index (χ2n) is 5.71. The molecule has 5 nitrogen and oxygen atoms in total. The fraction of sp³-hybridized carbons (Fsp3) is 0.312. The molecule has 0 radical (unpaired) electrons. The Hall–Kier alpha value is -2.43. The number of rotatable bonds is 3. The molecule has 0 spiro atoms. The second kappa shape index (κ2) is 5.16. The first-order valence-electron chi connectivity index (χ1n) is 6.99. The van der Waals surface area contributed by atoms with Crippen LogP contribution in [0.1, 0.15) is 25.3 Å². The summed E-state index contributed by atoms with van der Waals surface area (Å²) >= 11 is 0. The smallest absolute Gasteiger partial charge is 0.259 e. The zero-order valence-corrected chi connectivity index (χ0v) is 12.3. The number of fused-ring (bicyclic) bond motifs is 1. The summed E-state index contributed by atoms with van der Waals surface area (Å²) in [5.74, 6) is 1.33. The number of hydrogen-bond acceptors (Lipinski definition) is 4. The van der Waals surface area contributed by atoms with Crippen LogP contribution in [0.15, 0.2) is 33.6 Å². The van der Waals surface area contributed by atoms with Crippen LogP contribution >= 0.6 is 0 Å². The van der Waals surface area contributed by atoms with Gasteiger partial charge in [0.05, 0.1) is 5.56 Å². The highest BCUT2D eigenvalue weighted by atomic mass is 16.5. The van der Waals surface area contributed by atoms with Crippen molar-refractivity contribution in [1.82, 2.24) is 15.1 Å². The Labute approximate surface area is 122 Å². The molecule has 108 valence electrons. The van der Waals surface area contributed by atoms with Gasteiger partial charge < -0.3 is 9.51 Å². The number of hydrogen-bond donors (Lipinski definition) is 1. The molecule has 0 unspecified atom stereocenters. The Morgan fingerprint density at radius 2 is 2.10 bits per heavy atom. The number of aromatic nitrogens is 3. The van der Waals surface area contributed by atoms with Gasteiger partial charge in [-0.15, -0.1) is 0 Å². The normalized spacial score (nSPS) is 11.4. The lowest BCUT2D eigenvalue weighted by molar-refractivity contribution is 0.363. The summed E-state index contributed by atoms with van der Waals surface area (Å²) in [6.07, 6.45) is 0.706. The van der Waals surface area contributed by atoms with Crippen molar-refractivity contribution in [2.24, 2.45) is 5.92 Å². The van der Waals surface area contributed by atoms with Crippen molar-refractivity contribution in [3.8, 4) is 11.4 Å². The average Bonchev–Trinajstić information content (AvgIpc) is 2.85. The summed E-state index contributed by atoms with van der Waals surface area (Å²) in [6.45, 7) is 6.15. The minimum Gasteiger partial charge on any atom is -0.339 e. The van der Waals surface area contributed by atoms with E-state index in [1.165, 1.54) is 0 Å². The van der Waals surface area contributed by atoms with E-state index in [1.807, 2.05) is 25.1 Å². The van der Waals surface area contributed by atoms with Crippen LogP contribution in [0, 0.1) is 12.8 Å². The van der Waals surface area contributed by atoms with Crippen LogP contribution in [-0.4, -0.2) is 15.1 Å². The molecular weight excluding hydrogens is 266 g/mol. The van der Waals surface area contributed by atoms with Gasteiger partial charge in [-0.25, -0.2) is 0 Å². The van der Waals surface area contributed by atoms with Crippen molar-refractivity contribution >= 4 is 10.9 Å². The van der Waals surface area contributed by atoms with E-state index >= 15 is 0 Å². The maximum absolute atomic E-state index is 12.2. The molecule has 0 fully saturated rings. The van der Waals surface area contributed by atoms with Crippen molar-refractivity contribution in [3.63, 3.8) is 0 Å². The molecule has 3 aromatic rings. The van der Waals surface area contributed by atoms with Crippen molar-refractivity contribution < 1.29 is 4.52 Å². The quantitative estimate of drug-likeness (QED) is 0.801. The highest BCUT2D eigenvalue weighted by Crippen LogP contribution is 2.19. The topological polar surface area (TPSA) is 71.8 Å². The van der Waals surface area contributed by atoms with E-state index < -0.39 is 0 Å². The second-order valence-corrected chi connectivity index (χ2v) is 5.71. The fourth-order valence-corrected chi connectivity index (χ4v) is 2.28. The standard InChI is InChI=1S/C16H17N3O2/c1-9(2)6-14-18-15(19-21-14)12-8-11-5-4-10(3)7-13(11)17-16(12)20/h4-5,7-9H,6H2,1-3H3,(H,17,20). The molecular formula is C16H17N3O2. The largest absolute Gasteiger partial charge is 0.339 e. The third-order valence-electron chi connectivity index (χ3n) is 3.29. The molecule has 21 heavy (non-hydrogen) atoms. The molecule has 0 aliphatic carbocycles. The van der Waals surface area contributed by atoms with E-state index in [4.69, 9.17) is 4.52 Å². The minimum absolute atomic E-state index is 0.204. The van der Waals surface area contributed by atoms with E-state index in [9.17, 15) is 4.79 Å². The third-order valence-corrected chi connectivity index (χ3v) is 3.29. The first-order chi connectivity index (χ1) is 10.0. The van der Waals surface area contributed by atoms with Crippen LogP contribution in [-0.2, 0) is 6.42 Å². The molecule has 3 rings (SSSR count). The molecule has 0 aliphatic rings. The molecule has 0 saturated carbocycles. The van der Waals surface area contributed by atoms with E-state index in [1.54, 1.807) is 6.07 Å². The van der Waals surface area contributed by atoms with Crippen LogP contribution in [0.2, 0.25) is 0 Å². The van der Waals surface area contributed by atoms with Gasteiger partial charge in [0.2, 0.25) is 11.7 Å².